The van der Waals surface area contributed by atoms with Crippen LogP contribution in [0.1, 0.15) is 159 Å². The molecule has 110 heavy (non-hydrogen) atoms. The molecule has 0 radical (unpaired) electrons. The van der Waals surface area contributed by atoms with Crippen molar-refractivity contribution in [2.45, 2.75) is 245 Å². The summed E-state index contributed by atoms with van der Waals surface area (Å²) in [5.74, 6) is -5.46. The van der Waals surface area contributed by atoms with Gasteiger partial charge in [0, 0.05) is 87.9 Å². The van der Waals surface area contributed by atoms with Crippen LogP contribution in [-0.4, -0.2) is 308 Å². The number of alkyl carbamates (subject to hydrolysis) is 1. The maximum Gasteiger partial charge on any atom is 0.407 e. The van der Waals surface area contributed by atoms with Crippen molar-refractivity contribution in [1.82, 2.24) is 41.3 Å². The first-order chi connectivity index (χ1) is 52.2. The summed E-state index contributed by atoms with van der Waals surface area (Å²) in [7, 11) is 12.6. The van der Waals surface area contributed by atoms with Gasteiger partial charge in [-0.3, -0.25) is 43.3 Å². The Kier molecular flexibility index (Phi) is 55.3. The van der Waals surface area contributed by atoms with Gasteiger partial charge < -0.3 is 114 Å². The van der Waals surface area contributed by atoms with Gasteiger partial charge >= 0.3 is 24.0 Å². The number of ether oxygens (including phenoxy) is 11. The van der Waals surface area contributed by atoms with Crippen LogP contribution in [0.3, 0.4) is 0 Å². The number of nitrogens with zero attached hydrogens (tertiary/aromatic N) is 3. The molecule has 1 aromatic rings. The Balaban J connectivity index is 0.00000327. The van der Waals surface area contributed by atoms with Crippen LogP contribution in [-0.2, 0) is 102 Å². The topological polar surface area (TPSA) is 443 Å². The molecule has 34 nitrogen and oxygen atoms in total. The zero-order chi connectivity index (χ0) is 83.6. The van der Waals surface area contributed by atoms with E-state index >= 15 is 0 Å². The van der Waals surface area contributed by atoms with E-state index in [0.717, 1.165) is 5.56 Å². The van der Waals surface area contributed by atoms with Crippen LogP contribution in [0.4, 0.5) is 4.79 Å². The summed E-state index contributed by atoms with van der Waals surface area (Å²) in [5, 5.41) is 57.8. The Hall–Kier alpha value is -6.80. The van der Waals surface area contributed by atoms with E-state index in [1.165, 1.54) is 42.5 Å². The Labute approximate surface area is 651 Å². The second-order valence-corrected chi connectivity index (χ2v) is 27.8. The van der Waals surface area contributed by atoms with Crippen molar-refractivity contribution < 1.29 is 126 Å². The van der Waals surface area contributed by atoms with Crippen molar-refractivity contribution in [1.29, 1.82) is 0 Å². The number of benzene rings is 1. The number of esters is 2. The largest absolute Gasteiger partial charge is 0.481 e. The third kappa shape index (κ3) is 40.1. The van der Waals surface area contributed by atoms with E-state index in [-0.39, 0.29) is 152 Å². The molecule has 0 aromatic heterocycles. The van der Waals surface area contributed by atoms with Crippen molar-refractivity contribution in [3.05, 3.63) is 35.9 Å². The lowest BCUT2D eigenvalue weighted by atomic mass is 9.89. The highest BCUT2D eigenvalue weighted by Gasteiger charge is 2.44. The Morgan fingerprint density at radius 3 is 1.64 bits per heavy atom. The standard InChI is InChI=1S/C57H98N8O15.C12H22O7.C7H16O4/c1-16-37(7)50(64(12)55(72)48(35(3)4)62-54(71)49(36(5)6)63(10)11)44(75-13)32-46(68)65-29-21-25-43(65)51(77-15)38(8)52(69)61-42(31-40-23-19-18-20-24-40)53(70)58-27-22-30-78-56(73)39(9)60-45(67)26-28-59-57(74)79-34-47(76-14)80-41(17-2)33-66;1-3-9(7-13)19-12(17-2)8-18-11(16)6-4-5-10(14)15;1-3-6(4-8)11-7(5-9)10-2/h18-20,23-24,35-39,41-44,47-51,66H,16-17,21-22,25-34H2,1-15H3,(H,58,70)(H,59,74)(H,60,67)(H,61,69)(H,62,71);9,12-13H,3-8H2,1-2H3,(H,14,15);6-9H,3-5H2,1-2H3/t37-,38+,39-,41?,42-,43-,44+,47?,48-,49-,50-,51+;;/m0../s1. The molecule has 0 aliphatic carbocycles. The molecule has 10 N–H and O–H groups in total. The zero-order valence-electron chi connectivity index (χ0n) is 68.7. The van der Waals surface area contributed by atoms with Crippen molar-refractivity contribution in [2.24, 2.45) is 23.7 Å². The molecule has 0 bridgehead atoms. The molecule has 2 rings (SSSR count). The van der Waals surface area contributed by atoms with E-state index < -0.39 is 121 Å². The van der Waals surface area contributed by atoms with Gasteiger partial charge in [0.1, 0.15) is 31.3 Å². The number of hydrogen-bond acceptors (Lipinski definition) is 26. The fourth-order valence-electron chi connectivity index (χ4n) is 11.9. The number of carboxylic acid groups (broad SMARTS) is 1. The van der Waals surface area contributed by atoms with E-state index in [4.69, 9.17) is 72.5 Å². The smallest absolute Gasteiger partial charge is 0.407 e. The molecule has 34 heteroatoms. The molecule has 0 saturated carbocycles. The quantitative estimate of drug-likeness (QED) is 0.0194. The lowest BCUT2D eigenvalue weighted by molar-refractivity contribution is -0.194. The first-order valence-corrected chi connectivity index (χ1v) is 38.1. The minimum absolute atomic E-state index is 0.00388. The highest BCUT2D eigenvalue weighted by atomic mass is 16.7. The van der Waals surface area contributed by atoms with Crippen LogP contribution in [0.5, 0.6) is 0 Å². The van der Waals surface area contributed by atoms with Gasteiger partial charge in [0.05, 0.1) is 94.0 Å². The van der Waals surface area contributed by atoms with Gasteiger partial charge in [0.2, 0.25) is 35.4 Å². The first-order valence-electron chi connectivity index (χ1n) is 38.1. The summed E-state index contributed by atoms with van der Waals surface area (Å²) in [6, 6.07) is 4.92. The van der Waals surface area contributed by atoms with Crippen LogP contribution in [0, 0.1) is 23.7 Å². The number of aliphatic hydroxyl groups excluding tert-OH is 4. The van der Waals surface area contributed by atoms with Gasteiger partial charge in [0.15, 0.2) is 18.9 Å². The molecule has 7 amide bonds. The maximum atomic E-state index is 14.5. The third-order valence-electron chi connectivity index (χ3n) is 18.5. The second-order valence-electron chi connectivity index (χ2n) is 27.8. The number of hydrogen-bond donors (Lipinski definition) is 10. The van der Waals surface area contributed by atoms with Crippen molar-refractivity contribution >= 4 is 59.4 Å². The van der Waals surface area contributed by atoms with E-state index in [1.807, 2.05) is 112 Å². The number of carboxylic acids is 1. The molecule has 1 aromatic carbocycles. The Morgan fingerprint density at radius 2 is 1.15 bits per heavy atom. The van der Waals surface area contributed by atoms with Crippen molar-refractivity contribution in [3.63, 3.8) is 0 Å². The van der Waals surface area contributed by atoms with E-state index in [0.29, 0.717) is 45.1 Å². The summed E-state index contributed by atoms with van der Waals surface area (Å²) >= 11 is 0. The van der Waals surface area contributed by atoms with Gasteiger partial charge in [0.25, 0.3) is 0 Å². The number of likely N-dealkylation sites (N-methyl/N-ethyl adjacent to an activating group) is 2. The fraction of sp³-hybridized carbons (Fsp3) is 0.789. The van der Waals surface area contributed by atoms with Gasteiger partial charge in [-0.05, 0) is 89.3 Å². The molecule has 16 atom stereocenters. The van der Waals surface area contributed by atoms with Crippen LogP contribution < -0.4 is 26.6 Å². The zero-order valence-corrected chi connectivity index (χ0v) is 68.7. The van der Waals surface area contributed by atoms with Gasteiger partial charge in [-0.2, -0.15) is 0 Å². The van der Waals surface area contributed by atoms with Crippen LogP contribution in [0.25, 0.3) is 0 Å². The molecule has 1 heterocycles. The molecule has 636 valence electrons. The highest BCUT2D eigenvalue weighted by molar-refractivity contribution is 5.91. The minimum atomic E-state index is -1.01. The Morgan fingerprint density at radius 1 is 0.591 bits per heavy atom. The monoisotopic (exact) mass is 1580 g/mol. The Bertz CT molecular complexity index is 2730. The fourth-order valence-corrected chi connectivity index (χ4v) is 11.9. The molecule has 1 aliphatic heterocycles. The van der Waals surface area contributed by atoms with Crippen LogP contribution in [0.15, 0.2) is 30.3 Å². The maximum absolute atomic E-state index is 14.5. The molecule has 1 aliphatic rings. The molecular weight excluding hydrogens is 1440 g/mol. The SMILES string of the molecule is CCC(CO)OC(CO)OC.CCC(CO)OC(COC(=O)CCCC(=O)O)OC.CCC(CO)OC(COC(=O)NCCC(=O)N[C@@H](C)C(=O)OCCCNC(=O)[C@H](Cc1ccccc1)NC(=O)[C@H](C)[C@@H](OC)[C@@H]1CCCN1C(=O)C[C@@H](OC)[C@H]([C@@H](C)CC)N(C)C(=O)[C@@H](NC(=O)[C@H](C(C)C)N(C)C)C(C)C)OC. The third-order valence-corrected chi connectivity index (χ3v) is 18.5. The van der Waals surface area contributed by atoms with Crippen molar-refractivity contribution in [2.75, 3.05) is 123 Å². The summed E-state index contributed by atoms with van der Waals surface area (Å²) in [4.78, 5) is 135. The number of nitrogens with one attached hydrogen (secondary N) is 5. The van der Waals surface area contributed by atoms with Gasteiger partial charge in [-0.1, -0.05) is 106 Å². The van der Waals surface area contributed by atoms with E-state index in [1.54, 1.807) is 23.8 Å². The number of rotatable bonds is 54. The van der Waals surface area contributed by atoms with Crippen LogP contribution >= 0.6 is 0 Å². The summed E-state index contributed by atoms with van der Waals surface area (Å²) in [6.07, 6.45) is -1.46. The average molecular weight is 1580 g/mol. The number of carbonyl (C=O) groups is 10. The molecule has 1 fully saturated rings. The number of aliphatic hydroxyl groups is 4. The molecule has 0 spiro atoms. The number of carbonyl (C=O) groups excluding carboxylic acids is 9. The lowest BCUT2D eigenvalue weighted by Gasteiger charge is -2.41. The predicted molar refractivity (Wildman–Crippen MR) is 406 cm³/mol. The number of aliphatic carboxylic acids is 1. The predicted octanol–water partition coefficient (Wildman–Crippen LogP) is 3.07. The van der Waals surface area contributed by atoms with E-state index in [2.05, 4.69) is 26.6 Å². The normalized spacial score (nSPS) is 16.9. The second kappa shape index (κ2) is 59.0. The summed E-state index contributed by atoms with van der Waals surface area (Å²) in [5.41, 5.74) is 0.798. The molecule has 1 saturated heterocycles. The highest BCUT2D eigenvalue weighted by Crippen LogP contribution is 2.30. The molecular formula is C76H136N8O26. The number of amides is 7. The summed E-state index contributed by atoms with van der Waals surface area (Å²) < 4.78 is 58.2. The average Bonchev–Trinajstić information content (AvgIpc) is 1.50. The van der Waals surface area contributed by atoms with Crippen molar-refractivity contribution in [3.8, 4) is 0 Å². The lowest BCUT2D eigenvalue weighted by Crippen LogP contribution is -2.59. The van der Waals surface area contributed by atoms with Gasteiger partial charge in [-0.15, -0.1) is 0 Å². The number of likely N-dealkylation sites (tertiary alicyclic amines) is 1. The minimum Gasteiger partial charge on any atom is -0.481 e. The number of methoxy groups -OCH3 is 5. The summed E-state index contributed by atoms with van der Waals surface area (Å²) in [6.45, 7) is 19.9. The van der Waals surface area contributed by atoms with Crippen LogP contribution in [0.2, 0.25) is 0 Å². The van der Waals surface area contributed by atoms with E-state index in [9.17, 15) is 53.1 Å². The molecule has 6 unspecified atom stereocenters. The first kappa shape index (κ1) is 103. The van der Waals surface area contributed by atoms with Gasteiger partial charge in [-0.25, -0.2) is 9.59 Å².